The molecule has 94 valence electrons. The van der Waals surface area contributed by atoms with Crippen molar-refractivity contribution in [2.45, 2.75) is 18.9 Å². The third-order valence-electron chi connectivity index (χ3n) is 3.01. The molecule has 1 aromatic heterocycles. The fraction of sp³-hybridized carbons (Fsp3) is 0.636. The molecule has 0 aliphatic carbocycles. The van der Waals surface area contributed by atoms with Crippen molar-refractivity contribution in [1.29, 1.82) is 0 Å². The van der Waals surface area contributed by atoms with Crippen LogP contribution in [0.15, 0.2) is 11.1 Å². The molecule has 2 rings (SSSR count). The van der Waals surface area contributed by atoms with Gasteiger partial charge in [0.2, 0.25) is 5.75 Å². The molecule has 1 unspecified atom stereocenters. The topological polar surface area (TPSA) is 67.5 Å². The van der Waals surface area contributed by atoms with E-state index >= 15 is 0 Å². The van der Waals surface area contributed by atoms with E-state index in [1.54, 1.807) is 7.11 Å². The minimum Gasteiger partial charge on any atom is -0.489 e. The molecule has 6 heteroatoms. The second-order valence-corrected chi connectivity index (χ2v) is 4.03. The Bertz CT molecular complexity index is 432. The lowest BCUT2D eigenvalue weighted by Crippen LogP contribution is -2.40. The highest BCUT2D eigenvalue weighted by Crippen LogP contribution is 2.24. The van der Waals surface area contributed by atoms with Gasteiger partial charge in [0.05, 0.1) is 19.5 Å². The summed E-state index contributed by atoms with van der Waals surface area (Å²) in [5, 5.41) is 0. The Labute approximate surface area is 99.6 Å². The van der Waals surface area contributed by atoms with Crippen molar-refractivity contribution in [3.63, 3.8) is 0 Å². The number of ether oxygens (including phenoxy) is 2. The zero-order chi connectivity index (χ0) is 12.3. The molecule has 6 nitrogen and oxygen atoms in total. The lowest BCUT2D eigenvalue weighted by molar-refractivity contribution is 0.0890. The van der Waals surface area contributed by atoms with Crippen LogP contribution < -0.4 is 15.2 Å². The maximum absolute atomic E-state index is 11.6. The summed E-state index contributed by atoms with van der Waals surface area (Å²) >= 11 is 0. The van der Waals surface area contributed by atoms with Gasteiger partial charge >= 0.3 is 0 Å². The average Bonchev–Trinajstić information content (AvgIpc) is 2.38. The van der Waals surface area contributed by atoms with Gasteiger partial charge in [-0.25, -0.2) is 4.98 Å². The van der Waals surface area contributed by atoms with Crippen molar-refractivity contribution in [1.82, 2.24) is 9.97 Å². The van der Waals surface area contributed by atoms with E-state index in [2.05, 4.69) is 9.97 Å². The molecule has 1 aromatic rings. The SMILES string of the molecule is COc1c(N2CCCC(OC)C2)nc[nH]c1=O. The van der Waals surface area contributed by atoms with E-state index in [0.29, 0.717) is 5.82 Å². The normalized spacial score (nSPS) is 20.4. The number of hydrogen-bond donors (Lipinski definition) is 1. The maximum atomic E-state index is 11.6. The Morgan fingerprint density at radius 2 is 2.35 bits per heavy atom. The number of rotatable bonds is 3. The van der Waals surface area contributed by atoms with Gasteiger partial charge in [0.15, 0.2) is 5.82 Å². The van der Waals surface area contributed by atoms with E-state index in [9.17, 15) is 4.79 Å². The summed E-state index contributed by atoms with van der Waals surface area (Å²) in [6.07, 6.45) is 3.65. The Hall–Kier alpha value is -1.56. The molecule has 0 bridgehead atoms. The highest BCUT2D eigenvalue weighted by Gasteiger charge is 2.23. The van der Waals surface area contributed by atoms with E-state index in [4.69, 9.17) is 9.47 Å². The third-order valence-corrected chi connectivity index (χ3v) is 3.01. The van der Waals surface area contributed by atoms with Gasteiger partial charge in [-0.15, -0.1) is 0 Å². The monoisotopic (exact) mass is 239 g/mol. The molecule has 0 amide bonds. The summed E-state index contributed by atoms with van der Waals surface area (Å²) < 4.78 is 10.5. The van der Waals surface area contributed by atoms with Crippen LogP contribution in [-0.4, -0.2) is 43.4 Å². The van der Waals surface area contributed by atoms with Crippen LogP contribution in [0.1, 0.15) is 12.8 Å². The van der Waals surface area contributed by atoms with Gasteiger partial charge in [-0.3, -0.25) is 4.79 Å². The summed E-state index contributed by atoms with van der Waals surface area (Å²) in [4.78, 5) is 20.3. The predicted octanol–water partition coefficient (Wildman–Crippen LogP) is 0.394. The van der Waals surface area contributed by atoms with Crippen molar-refractivity contribution >= 4 is 5.82 Å². The van der Waals surface area contributed by atoms with E-state index in [1.807, 2.05) is 4.90 Å². The van der Waals surface area contributed by atoms with E-state index in [-0.39, 0.29) is 17.4 Å². The Balaban J connectivity index is 2.27. The molecule has 1 aliphatic heterocycles. The van der Waals surface area contributed by atoms with Crippen LogP contribution in [0.3, 0.4) is 0 Å². The number of aromatic nitrogens is 2. The summed E-state index contributed by atoms with van der Waals surface area (Å²) in [6.45, 7) is 1.61. The smallest absolute Gasteiger partial charge is 0.295 e. The van der Waals surface area contributed by atoms with Crippen LogP contribution in [0.4, 0.5) is 5.82 Å². The molecule has 0 aromatic carbocycles. The first-order valence-electron chi connectivity index (χ1n) is 5.65. The van der Waals surface area contributed by atoms with Crippen molar-refractivity contribution in [3.8, 4) is 5.75 Å². The number of methoxy groups -OCH3 is 2. The van der Waals surface area contributed by atoms with E-state index in [0.717, 1.165) is 25.9 Å². The molecular weight excluding hydrogens is 222 g/mol. The molecule has 1 saturated heterocycles. The van der Waals surface area contributed by atoms with Gasteiger partial charge in [0.25, 0.3) is 5.56 Å². The Morgan fingerprint density at radius 1 is 1.53 bits per heavy atom. The molecule has 1 atom stereocenters. The number of piperidine rings is 1. The molecule has 0 saturated carbocycles. The first-order valence-corrected chi connectivity index (χ1v) is 5.65. The molecule has 0 spiro atoms. The third kappa shape index (κ3) is 2.41. The summed E-state index contributed by atoms with van der Waals surface area (Å²) in [5.41, 5.74) is -0.253. The number of aromatic amines is 1. The molecular formula is C11H17N3O3. The van der Waals surface area contributed by atoms with Gasteiger partial charge in [-0.1, -0.05) is 0 Å². The quantitative estimate of drug-likeness (QED) is 0.826. The Morgan fingerprint density at radius 3 is 3.06 bits per heavy atom. The minimum atomic E-state index is -0.253. The zero-order valence-corrected chi connectivity index (χ0v) is 10.1. The molecule has 2 heterocycles. The molecule has 1 fully saturated rings. The second kappa shape index (κ2) is 5.18. The van der Waals surface area contributed by atoms with E-state index < -0.39 is 0 Å². The fourth-order valence-corrected chi connectivity index (χ4v) is 2.11. The fourth-order valence-electron chi connectivity index (χ4n) is 2.11. The summed E-state index contributed by atoms with van der Waals surface area (Å²) in [7, 11) is 3.18. The highest BCUT2D eigenvalue weighted by atomic mass is 16.5. The largest absolute Gasteiger partial charge is 0.489 e. The number of H-pyrrole nitrogens is 1. The average molecular weight is 239 g/mol. The Kier molecular flexibility index (Phi) is 3.63. The van der Waals surface area contributed by atoms with Gasteiger partial charge in [-0.05, 0) is 12.8 Å². The molecule has 17 heavy (non-hydrogen) atoms. The van der Waals surface area contributed by atoms with Crippen LogP contribution in [-0.2, 0) is 4.74 Å². The van der Waals surface area contributed by atoms with E-state index in [1.165, 1.54) is 13.4 Å². The standard InChI is InChI=1S/C11H17N3O3/c1-16-8-4-3-5-14(6-8)10-9(17-2)11(15)13-7-12-10/h7-8H,3-6H2,1-2H3,(H,12,13,15). The lowest BCUT2D eigenvalue weighted by atomic mass is 10.1. The van der Waals surface area contributed by atoms with Crippen molar-refractivity contribution < 1.29 is 9.47 Å². The number of hydrogen-bond acceptors (Lipinski definition) is 5. The van der Waals surface area contributed by atoms with Crippen LogP contribution in [0.5, 0.6) is 5.75 Å². The first-order chi connectivity index (χ1) is 8.26. The van der Waals surface area contributed by atoms with Crippen molar-refractivity contribution in [2.75, 3.05) is 32.2 Å². The van der Waals surface area contributed by atoms with Gasteiger partial charge in [-0.2, -0.15) is 0 Å². The molecule has 0 radical (unpaired) electrons. The summed E-state index contributed by atoms with van der Waals surface area (Å²) in [5.74, 6) is 0.863. The molecule has 1 aliphatic rings. The maximum Gasteiger partial charge on any atom is 0.295 e. The van der Waals surface area contributed by atoms with Crippen molar-refractivity contribution in [3.05, 3.63) is 16.7 Å². The van der Waals surface area contributed by atoms with Gasteiger partial charge in [0, 0.05) is 20.2 Å². The molecule has 1 N–H and O–H groups in total. The number of anilines is 1. The minimum absolute atomic E-state index is 0.189. The van der Waals surface area contributed by atoms with Crippen LogP contribution in [0.2, 0.25) is 0 Å². The lowest BCUT2D eigenvalue weighted by Gasteiger charge is -2.33. The van der Waals surface area contributed by atoms with Gasteiger partial charge < -0.3 is 19.4 Å². The van der Waals surface area contributed by atoms with Crippen molar-refractivity contribution in [2.24, 2.45) is 0 Å². The predicted molar refractivity (Wildman–Crippen MR) is 63.7 cm³/mol. The summed E-state index contributed by atoms with van der Waals surface area (Å²) in [6, 6.07) is 0. The zero-order valence-electron chi connectivity index (χ0n) is 10.1. The second-order valence-electron chi connectivity index (χ2n) is 4.03. The number of nitrogens with zero attached hydrogens (tertiary/aromatic N) is 2. The highest BCUT2D eigenvalue weighted by molar-refractivity contribution is 5.51. The van der Waals surface area contributed by atoms with Crippen LogP contribution in [0, 0.1) is 0 Å². The van der Waals surface area contributed by atoms with Crippen LogP contribution >= 0.6 is 0 Å². The first kappa shape index (κ1) is 11.9. The van der Waals surface area contributed by atoms with Gasteiger partial charge in [0.1, 0.15) is 0 Å². The van der Waals surface area contributed by atoms with Crippen LogP contribution in [0.25, 0.3) is 0 Å². The number of nitrogens with one attached hydrogen (secondary N) is 1.